The monoisotopic (exact) mass is 383 g/mol. The first-order valence-corrected chi connectivity index (χ1v) is 9.28. The number of fused-ring (bicyclic) bond motifs is 3. The summed E-state index contributed by atoms with van der Waals surface area (Å²) >= 11 is 0. The number of aliphatic hydroxyl groups excluding tert-OH is 2. The van der Waals surface area contributed by atoms with E-state index in [1.807, 2.05) is 37.3 Å². The SMILES string of the molecule is CC1C(=O)Nc2cccc(NC(=O)[C@H](C)NC[C@@H](O)CO)c2-c2ccccc21. The van der Waals surface area contributed by atoms with Gasteiger partial charge >= 0.3 is 0 Å². The Hall–Kier alpha value is -2.74. The van der Waals surface area contributed by atoms with Crippen molar-refractivity contribution in [3.63, 3.8) is 0 Å². The number of hydrogen-bond donors (Lipinski definition) is 5. The smallest absolute Gasteiger partial charge is 0.241 e. The molecule has 1 aliphatic heterocycles. The van der Waals surface area contributed by atoms with Gasteiger partial charge in [-0.3, -0.25) is 9.59 Å². The summed E-state index contributed by atoms with van der Waals surface area (Å²) < 4.78 is 0. The number of carbonyl (C=O) groups excluding carboxylic acids is 2. The topological polar surface area (TPSA) is 111 Å². The fraction of sp³-hybridized carbons (Fsp3) is 0.333. The average molecular weight is 383 g/mol. The highest BCUT2D eigenvalue weighted by Gasteiger charge is 2.27. The van der Waals surface area contributed by atoms with Crippen molar-refractivity contribution in [2.24, 2.45) is 0 Å². The third-order valence-electron chi connectivity index (χ3n) is 4.93. The van der Waals surface area contributed by atoms with Crippen LogP contribution in [0.5, 0.6) is 0 Å². The van der Waals surface area contributed by atoms with E-state index in [4.69, 9.17) is 5.11 Å². The minimum atomic E-state index is -0.924. The number of nitrogens with one attached hydrogen (secondary N) is 3. The molecule has 0 radical (unpaired) electrons. The van der Waals surface area contributed by atoms with Gasteiger partial charge in [0.2, 0.25) is 11.8 Å². The molecule has 5 N–H and O–H groups in total. The van der Waals surface area contributed by atoms with Crippen LogP contribution in [0, 0.1) is 0 Å². The Bertz CT molecular complexity index is 884. The van der Waals surface area contributed by atoms with Crippen LogP contribution >= 0.6 is 0 Å². The molecule has 0 fully saturated rings. The summed E-state index contributed by atoms with van der Waals surface area (Å²) in [5.41, 5.74) is 3.82. The number of anilines is 2. The standard InChI is InChI=1S/C21H25N3O4/c1-12-15-6-3-4-7-16(15)19-17(23-20(12)27)8-5-9-18(19)24-21(28)13(2)22-10-14(26)11-25/h3-9,12-14,22,25-26H,10-11H2,1-2H3,(H,23,27)(H,24,28)/t12?,13-,14+/m0/s1. The second kappa shape index (κ2) is 8.52. The third kappa shape index (κ3) is 4.06. The summed E-state index contributed by atoms with van der Waals surface area (Å²) in [4.78, 5) is 25.1. The van der Waals surface area contributed by atoms with Crippen molar-refractivity contribution in [3.05, 3.63) is 48.0 Å². The fourth-order valence-electron chi connectivity index (χ4n) is 3.25. The molecule has 3 atom stereocenters. The molecule has 0 spiro atoms. The van der Waals surface area contributed by atoms with Crippen LogP contribution in [0.25, 0.3) is 11.1 Å². The molecule has 0 saturated carbocycles. The summed E-state index contributed by atoms with van der Waals surface area (Å²) in [7, 11) is 0. The van der Waals surface area contributed by atoms with E-state index in [0.29, 0.717) is 11.4 Å². The molecule has 1 heterocycles. The Morgan fingerprint density at radius 2 is 1.96 bits per heavy atom. The maximum absolute atomic E-state index is 12.6. The second-order valence-corrected chi connectivity index (χ2v) is 6.98. The summed E-state index contributed by atoms with van der Waals surface area (Å²) in [6, 6.07) is 12.5. The van der Waals surface area contributed by atoms with E-state index < -0.39 is 12.1 Å². The van der Waals surface area contributed by atoms with Crippen LogP contribution < -0.4 is 16.0 Å². The zero-order chi connectivity index (χ0) is 20.3. The van der Waals surface area contributed by atoms with Gasteiger partial charge in [0, 0.05) is 12.1 Å². The minimum Gasteiger partial charge on any atom is -0.394 e. The number of hydrogen-bond acceptors (Lipinski definition) is 5. The molecule has 7 nitrogen and oxygen atoms in total. The maximum atomic E-state index is 12.6. The van der Waals surface area contributed by atoms with Gasteiger partial charge in [0.15, 0.2) is 0 Å². The van der Waals surface area contributed by atoms with Crippen LogP contribution in [0.1, 0.15) is 25.3 Å². The van der Waals surface area contributed by atoms with Gasteiger partial charge < -0.3 is 26.2 Å². The highest BCUT2D eigenvalue weighted by Crippen LogP contribution is 2.42. The molecular weight excluding hydrogens is 358 g/mol. The van der Waals surface area contributed by atoms with Gasteiger partial charge in [-0.05, 0) is 37.1 Å². The van der Waals surface area contributed by atoms with Gasteiger partial charge in [0.25, 0.3) is 0 Å². The molecule has 0 saturated heterocycles. The summed E-state index contributed by atoms with van der Waals surface area (Å²) in [5.74, 6) is -0.685. The molecule has 2 amide bonds. The lowest BCUT2D eigenvalue weighted by Crippen LogP contribution is -2.42. The van der Waals surface area contributed by atoms with Crippen LogP contribution in [0.3, 0.4) is 0 Å². The number of carbonyl (C=O) groups is 2. The van der Waals surface area contributed by atoms with E-state index >= 15 is 0 Å². The highest BCUT2D eigenvalue weighted by atomic mass is 16.3. The molecule has 28 heavy (non-hydrogen) atoms. The lowest BCUT2D eigenvalue weighted by Gasteiger charge is -2.19. The third-order valence-corrected chi connectivity index (χ3v) is 4.93. The Morgan fingerprint density at radius 3 is 2.71 bits per heavy atom. The van der Waals surface area contributed by atoms with Crippen LogP contribution in [0.4, 0.5) is 11.4 Å². The average Bonchev–Trinajstić information content (AvgIpc) is 2.81. The minimum absolute atomic E-state index is 0.0947. The van der Waals surface area contributed by atoms with Crippen LogP contribution in [0.15, 0.2) is 42.5 Å². The predicted octanol–water partition coefficient (Wildman–Crippen LogP) is 1.68. The number of benzene rings is 2. The first-order valence-electron chi connectivity index (χ1n) is 9.28. The van der Waals surface area contributed by atoms with Gasteiger partial charge in [-0.2, -0.15) is 0 Å². The van der Waals surface area contributed by atoms with Crippen molar-refractivity contribution >= 4 is 23.2 Å². The molecule has 0 aromatic heterocycles. The Kier molecular flexibility index (Phi) is 6.08. The van der Waals surface area contributed by atoms with E-state index in [0.717, 1.165) is 16.7 Å². The lowest BCUT2D eigenvalue weighted by molar-refractivity contribution is -0.118. The van der Waals surface area contributed by atoms with Gasteiger partial charge in [-0.25, -0.2) is 0 Å². The van der Waals surface area contributed by atoms with Gasteiger partial charge in [0.1, 0.15) is 0 Å². The summed E-state index contributed by atoms with van der Waals surface area (Å²) in [6.45, 7) is 3.27. The number of aliphatic hydroxyl groups is 2. The molecule has 2 aromatic rings. The van der Waals surface area contributed by atoms with E-state index in [9.17, 15) is 14.7 Å². The van der Waals surface area contributed by atoms with Gasteiger partial charge in [-0.15, -0.1) is 0 Å². The molecule has 1 unspecified atom stereocenters. The van der Waals surface area contributed by atoms with Crippen molar-refractivity contribution in [3.8, 4) is 11.1 Å². The van der Waals surface area contributed by atoms with Crippen LogP contribution in [-0.4, -0.2) is 47.3 Å². The first-order chi connectivity index (χ1) is 13.4. The van der Waals surface area contributed by atoms with E-state index in [-0.39, 0.29) is 30.9 Å². The van der Waals surface area contributed by atoms with Gasteiger partial charge in [0.05, 0.1) is 36.0 Å². The first kappa shape index (κ1) is 20.0. The zero-order valence-electron chi connectivity index (χ0n) is 15.9. The Morgan fingerprint density at radius 1 is 1.21 bits per heavy atom. The number of amides is 2. The highest BCUT2D eigenvalue weighted by molar-refractivity contribution is 6.08. The molecule has 1 aliphatic rings. The number of rotatable bonds is 6. The van der Waals surface area contributed by atoms with E-state index in [1.165, 1.54) is 0 Å². The Balaban J connectivity index is 1.92. The molecular formula is C21H25N3O4. The second-order valence-electron chi connectivity index (χ2n) is 6.98. The van der Waals surface area contributed by atoms with Crippen molar-refractivity contribution in [2.75, 3.05) is 23.8 Å². The predicted molar refractivity (Wildman–Crippen MR) is 108 cm³/mol. The summed E-state index contributed by atoms with van der Waals surface area (Å²) in [6.07, 6.45) is -0.924. The molecule has 0 aliphatic carbocycles. The van der Waals surface area contributed by atoms with E-state index in [2.05, 4.69) is 16.0 Å². The zero-order valence-corrected chi connectivity index (χ0v) is 15.9. The summed E-state index contributed by atoms with van der Waals surface area (Å²) in [5, 5.41) is 27.1. The van der Waals surface area contributed by atoms with E-state index in [1.54, 1.807) is 19.1 Å². The van der Waals surface area contributed by atoms with Gasteiger partial charge in [-0.1, -0.05) is 30.3 Å². The molecule has 0 bridgehead atoms. The maximum Gasteiger partial charge on any atom is 0.241 e. The molecule has 148 valence electrons. The van der Waals surface area contributed by atoms with Crippen molar-refractivity contribution in [1.29, 1.82) is 0 Å². The van der Waals surface area contributed by atoms with Crippen LogP contribution in [0.2, 0.25) is 0 Å². The molecule has 3 rings (SSSR count). The normalized spacial score (nSPS) is 17.6. The fourth-order valence-corrected chi connectivity index (χ4v) is 3.25. The Labute approximate surface area is 163 Å². The lowest BCUT2D eigenvalue weighted by atomic mass is 9.91. The van der Waals surface area contributed by atoms with Crippen LogP contribution in [-0.2, 0) is 9.59 Å². The van der Waals surface area contributed by atoms with Crippen molar-refractivity contribution < 1.29 is 19.8 Å². The molecule has 7 heteroatoms. The molecule has 2 aromatic carbocycles. The quantitative estimate of drug-likeness (QED) is 0.521. The van der Waals surface area contributed by atoms with Crippen molar-refractivity contribution in [1.82, 2.24) is 5.32 Å². The largest absolute Gasteiger partial charge is 0.394 e. The van der Waals surface area contributed by atoms with Crippen molar-refractivity contribution in [2.45, 2.75) is 31.9 Å².